The highest BCUT2D eigenvalue weighted by Crippen LogP contribution is 2.35. The maximum Gasteiger partial charge on any atom is 0.335 e. The van der Waals surface area contributed by atoms with E-state index in [1.165, 1.54) is 12.1 Å². The van der Waals surface area contributed by atoms with Crippen LogP contribution in [0.3, 0.4) is 0 Å². The van der Waals surface area contributed by atoms with Gasteiger partial charge in [0.25, 0.3) is 0 Å². The number of rotatable bonds is 17. The number of benzene rings is 2. The van der Waals surface area contributed by atoms with Crippen LogP contribution in [0.2, 0.25) is 0 Å². The Morgan fingerprint density at radius 2 is 0.614 bits per heavy atom. The first-order valence-corrected chi connectivity index (χ1v) is 12.2. The van der Waals surface area contributed by atoms with Crippen LogP contribution in [0.15, 0.2) is 137 Å². The molecule has 0 aliphatic carbocycles. The van der Waals surface area contributed by atoms with Crippen LogP contribution < -0.4 is 18.9 Å². The second-order valence-electron chi connectivity index (χ2n) is 7.51. The molecular weight excluding hydrogens is 576 g/mol. The average Bonchev–Trinajstić information content (AvgIpc) is 3.04. The van der Waals surface area contributed by atoms with Crippen molar-refractivity contribution in [3.63, 3.8) is 0 Å². The van der Waals surface area contributed by atoms with E-state index in [2.05, 4.69) is 26.3 Å². The van der Waals surface area contributed by atoms with Gasteiger partial charge in [-0.15, -0.1) is 0 Å². The van der Waals surface area contributed by atoms with Gasteiger partial charge in [0.2, 0.25) is 0 Å². The van der Waals surface area contributed by atoms with Crippen molar-refractivity contribution in [1.29, 1.82) is 0 Å². The van der Waals surface area contributed by atoms with E-state index in [0.29, 0.717) is 11.1 Å². The minimum atomic E-state index is -0.687. The van der Waals surface area contributed by atoms with Gasteiger partial charge in [-0.2, -0.15) is 0 Å². The van der Waals surface area contributed by atoms with E-state index in [4.69, 9.17) is 37.9 Å². The lowest BCUT2D eigenvalue weighted by molar-refractivity contribution is -0.133. The molecule has 226 valence electrons. The van der Waals surface area contributed by atoms with Gasteiger partial charge in [-0.1, -0.05) is 26.3 Å². The quantitative estimate of drug-likeness (QED) is 0.0953. The van der Waals surface area contributed by atoms with Crippen molar-refractivity contribution < 1.29 is 57.1 Å². The van der Waals surface area contributed by atoms with Gasteiger partial charge in [-0.05, 0) is 35.4 Å². The summed E-state index contributed by atoms with van der Waals surface area (Å²) < 4.78 is 41.3. The Balaban J connectivity index is 2.47. The lowest BCUT2D eigenvalue weighted by Crippen LogP contribution is -1.95. The molecule has 0 saturated heterocycles. The molecule has 0 N–H and O–H groups in total. The third-order valence-corrected chi connectivity index (χ3v) is 4.54. The van der Waals surface area contributed by atoms with E-state index in [1.807, 2.05) is 0 Å². The largest absolute Gasteiger partial charge is 0.462 e. The zero-order valence-electron chi connectivity index (χ0n) is 23.1. The molecule has 12 heteroatoms. The molecule has 0 fully saturated rings. The van der Waals surface area contributed by atoms with Crippen LogP contribution in [-0.2, 0) is 38.1 Å². The molecule has 0 atom stereocenters. The monoisotopic (exact) mass is 602 g/mol. The highest BCUT2D eigenvalue weighted by Gasteiger charge is 2.10. The fraction of sp³-hybridized carbons (Fsp3) is 0. The Kier molecular flexibility index (Phi) is 14.3. The summed E-state index contributed by atoms with van der Waals surface area (Å²) in [5, 5.41) is 0. The molecule has 0 aliphatic rings. The van der Waals surface area contributed by atoms with Crippen LogP contribution in [0.4, 0.5) is 0 Å². The van der Waals surface area contributed by atoms with Gasteiger partial charge in [0.1, 0.15) is 73.1 Å². The van der Waals surface area contributed by atoms with Crippen molar-refractivity contribution in [1.82, 2.24) is 0 Å². The zero-order chi connectivity index (χ0) is 32.2. The first-order valence-electron chi connectivity index (χ1n) is 12.2. The molecule has 0 heterocycles. The number of carbonyl (C=O) groups excluding carboxylic acids is 4. The molecule has 0 amide bonds. The Morgan fingerprint density at radius 1 is 0.386 bits per heavy atom. The molecule has 0 saturated carbocycles. The van der Waals surface area contributed by atoms with Crippen molar-refractivity contribution in [2.75, 3.05) is 0 Å². The van der Waals surface area contributed by atoms with Crippen LogP contribution in [0.1, 0.15) is 0 Å². The van der Waals surface area contributed by atoms with Crippen LogP contribution in [0, 0.1) is 0 Å². The summed E-state index contributed by atoms with van der Waals surface area (Å²) in [7, 11) is 0. The minimum absolute atomic E-state index is 0.237. The Labute approximate surface area is 252 Å². The van der Waals surface area contributed by atoms with Gasteiger partial charge in [0, 0.05) is 36.4 Å². The van der Waals surface area contributed by atoms with Gasteiger partial charge in [-0.3, -0.25) is 0 Å². The Bertz CT molecular complexity index is 1290. The molecule has 2 aromatic carbocycles. The molecule has 0 aliphatic heterocycles. The minimum Gasteiger partial charge on any atom is -0.462 e. The maximum atomic E-state index is 11.3. The second kappa shape index (κ2) is 18.7. The highest BCUT2D eigenvalue weighted by atomic mass is 16.6. The predicted octanol–water partition coefficient (Wildman–Crippen LogP) is 5.67. The van der Waals surface area contributed by atoms with Crippen LogP contribution in [-0.4, -0.2) is 23.9 Å². The van der Waals surface area contributed by atoms with Crippen LogP contribution >= 0.6 is 0 Å². The third-order valence-electron chi connectivity index (χ3n) is 4.54. The molecular formula is C32H26O12. The fourth-order valence-electron chi connectivity index (χ4n) is 2.75. The predicted molar refractivity (Wildman–Crippen MR) is 156 cm³/mol. The first kappa shape index (κ1) is 33.6. The maximum absolute atomic E-state index is 11.3. The molecule has 12 nitrogen and oxygen atoms in total. The van der Waals surface area contributed by atoms with Crippen molar-refractivity contribution in [3.8, 4) is 34.1 Å². The normalized spacial score (nSPS) is 10.6. The second-order valence-corrected chi connectivity index (χ2v) is 7.51. The molecule has 2 aromatic rings. The van der Waals surface area contributed by atoms with Crippen molar-refractivity contribution >= 4 is 23.9 Å². The third kappa shape index (κ3) is 12.7. The summed E-state index contributed by atoms with van der Waals surface area (Å²) in [5.74, 6) is -1.80. The van der Waals surface area contributed by atoms with E-state index in [1.54, 1.807) is 24.3 Å². The standard InChI is InChI=1S/C32H26O12/c1-5-29(33)41-13-9-37-25-17-23(18-26(21-25)38-10-14-42-30(34)6-2)24-19-27(39-11-15-43-31(35)7-3)22-28(20-24)40-12-16-44-32(36)8-4/h5-22H,1-4H2. The molecule has 0 unspecified atom stereocenters. The summed E-state index contributed by atoms with van der Waals surface area (Å²) in [6.45, 7) is 13.2. The number of hydrogen-bond acceptors (Lipinski definition) is 12. The Hall–Kier alpha value is -6.56. The summed E-state index contributed by atoms with van der Waals surface area (Å²) in [4.78, 5) is 45.1. The van der Waals surface area contributed by atoms with E-state index in [9.17, 15) is 19.2 Å². The average molecular weight is 603 g/mol. The summed E-state index contributed by atoms with van der Waals surface area (Å²) in [6.07, 6.45) is 12.5. The topological polar surface area (TPSA) is 142 Å². The molecule has 44 heavy (non-hydrogen) atoms. The summed E-state index contributed by atoms with van der Waals surface area (Å²) in [5.41, 5.74) is 1.01. The smallest absolute Gasteiger partial charge is 0.335 e. The summed E-state index contributed by atoms with van der Waals surface area (Å²) in [6, 6.07) is 9.43. The number of ether oxygens (including phenoxy) is 8. The molecule has 0 bridgehead atoms. The number of hydrogen-bond donors (Lipinski definition) is 0. The lowest BCUT2D eigenvalue weighted by atomic mass is 10.0. The highest BCUT2D eigenvalue weighted by molar-refractivity contribution is 5.82. The van der Waals surface area contributed by atoms with Crippen LogP contribution in [0.5, 0.6) is 23.0 Å². The first-order chi connectivity index (χ1) is 21.3. The van der Waals surface area contributed by atoms with Crippen molar-refractivity contribution in [3.05, 3.63) is 137 Å². The number of carbonyl (C=O) groups is 4. The zero-order valence-corrected chi connectivity index (χ0v) is 23.1. The van der Waals surface area contributed by atoms with E-state index in [0.717, 1.165) is 74.4 Å². The van der Waals surface area contributed by atoms with Gasteiger partial charge >= 0.3 is 23.9 Å². The van der Waals surface area contributed by atoms with Crippen molar-refractivity contribution in [2.45, 2.75) is 0 Å². The Morgan fingerprint density at radius 3 is 0.818 bits per heavy atom. The van der Waals surface area contributed by atoms with Crippen molar-refractivity contribution in [2.24, 2.45) is 0 Å². The van der Waals surface area contributed by atoms with Gasteiger partial charge in [0.05, 0.1) is 0 Å². The van der Waals surface area contributed by atoms with Crippen LogP contribution in [0.25, 0.3) is 11.1 Å². The molecule has 0 aromatic heterocycles. The molecule has 0 spiro atoms. The number of esters is 4. The van der Waals surface area contributed by atoms with E-state index in [-0.39, 0.29) is 23.0 Å². The lowest BCUT2D eigenvalue weighted by Gasteiger charge is -2.12. The van der Waals surface area contributed by atoms with Gasteiger partial charge < -0.3 is 37.9 Å². The summed E-state index contributed by atoms with van der Waals surface area (Å²) >= 11 is 0. The van der Waals surface area contributed by atoms with Gasteiger partial charge in [0.15, 0.2) is 0 Å². The molecule has 2 rings (SSSR count). The SMILES string of the molecule is C=CC(=O)OC=COc1cc(OC=COC(=O)C=C)cc(-c2cc(OC=COC(=O)C=C)cc(OC=COC(=O)C=C)c2)c1. The van der Waals surface area contributed by atoms with E-state index < -0.39 is 23.9 Å². The van der Waals surface area contributed by atoms with Gasteiger partial charge in [-0.25, -0.2) is 19.2 Å². The fourth-order valence-corrected chi connectivity index (χ4v) is 2.75. The van der Waals surface area contributed by atoms with E-state index >= 15 is 0 Å². The molecule has 0 radical (unpaired) electrons.